The Hall–Kier alpha value is -3.40. The van der Waals surface area contributed by atoms with Gasteiger partial charge >= 0.3 is 0 Å². The molecule has 1 amide bonds. The zero-order chi connectivity index (χ0) is 23.4. The normalized spacial score (nSPS) is 25.6. The van der Waals surface area contributed by atoms with Crippen LogP contribution in [0.5, 0.6) is 0 Å². The van der Waals surface area contributed by atoms with Gasteiger partial charge < -0.3 is 24.4 Å². The number of nitrogens with zero attached hydrogens (tertiary/aromatic N) is 2. The van der Waals surface area contributed by atoms with Gasteiger partial charge in [-0.25, -0.2) is 5.21 Å². The predicted molar refractivity (Wildman–Crippen MR) is 123 cm³/mol. The third-order valence-electron chi connectivity index (χ3n) is 7.61. The number of amides is 1. The van der Waals surface area contributed by atoms with Crippen molar-refractivity contribution in [2.45, 2.75) is 37.9 Å². The lowest BCUT2D eigenvalue weighted by Crippen LogP contribution is -2.99. The van der Waals surface area contributed by atoms with Crippen molar-refractivity contribution in [1.82, 2.24) is 9.88 Å². The van der Waals surface area contributed by atoms with Gasteiger partial charge in [0.15, 0.2) is 5.69 Å². The Morgan fingerprint density at radius 3 is 2.88 bits per heavy atom. The number of anilines is 1. The van der Waals surface area contributed by atoms with Crippen LogP contribution < -0.4 is 21.0 Å². The third kappa shape index (κ3) is 3.44. The van der Waals surface area contributed by atoms with Gasteiger partial charge in [0.25, 0.3) is 5.56 Å². The number of fused-ring (bicyclic) bond motifs is 8. The van der Waals surface area contributed by atoms with E-state index in [0.29, 0.717) is 31.8 Å². The van der Waals surface area contributed by atoms with E-state index in [1.165, 1.54) is 0 Å². The van der Waals surface area contributed by atoms with Gasteiger partial charge in [-0.2, -0.15) is 5.23 Å². The number of hydrogen-bond acceptors (Lipinski definition) is 6. The predicted octanol–water partition coefficient (Wildman–Crippen LogP) is 1.33. The maximum absolute atomic E-state index is 13.5. The molecule has 176 valence electrons. The van der Waals surface area contributed by atoms with E-state index in [0.717, 1.165) is 23.4 Å². The second-order valence-corrected chi connectivity index (χ2v) is 9.49. The standard InChI is InChI=1S/C25H26N4O5/c30-23-5-1-4-21-16-9-17(14-27(21)23)24-20(25(31)26-12-19-3-2-8-34-19)11-15-10-18(29(32)33)6-7-22(15)28(24)13-16/h1-8,10,16-17,20,24,29,32H,9,11-14H2,(H,26,31). The highest BCUT2D eigenvalue weighted by Crippen LogP contribution is 2.47. The Morgan fingerprint density at radius 1 is 1.21 bits per heavy atom. The Morgan fingerprint density at radius 2 is 2.09 bits per heavy atom. The van der Waals surface area contributed by atoms with E-state index in [1.807, 2.05) is 28.8 Å². The molecule has 3 aliphatic rings. The van der Waals surface area contributed by atoms with Crippen LogP contribution in [0.2, 0.25) is 0 Å². The lowest BCUT2D eigenvalue weighted by molar-refractivity contribution is -0.991. The van der Waals surface area contributed by atoms with Gasteiger partial charge in [-0.3, -0.25) is 9.59 Å². The van der Waals surface area contributed by atoms with E-state index in [1.54, 1.807) is 30.5 Å². The van der Waals surface area contributed by atoms with E-state index in [9.17, 15) is 20.0 Å². The Kier molecular flexibility index (Phi) is 5.05. The summed E-state index contributed by atoms with van der Waals surface area (Å²) in [7, 11) is 0. The summed E-state index contributed by atoms with van der Waals surface area (Å²) >= 11 is 0. The van der Waals surface area contributed by atoms with Crippen LogP contribution in [0.15, 0.2) is 64.0 Å². The molecule has 1 aromatic carbocycles. The van der Waals surface area contributed by atoms with Crippen LogP contribution in [0.3, 0.4) is 0 Å². The minimum absolute atomic E-state index is 0.00165. The summed E-state index contributed by atoms with van der Waals surface area (Å²) in [5.41, 5.74) is 3.13. The number of quaternary nitrogens is 1. The van der Waals surface area contributed by atoms with Crippen molar-refractivity contribution in [1.29, 1.82) is 0 Å². The van der Waals surface area contributed by atoms with Gasteiger partial charge in [-0.1, -0.05) is 6.07 Å². The molecular formula is C25H26N4O5. The molecule has 9 heteroatoms. The number of hydrogen-bond donors (Lipinski definition) is 3. The van der Waals surface area contributed by atoms with Crippen molar-refractivity contribution in [2.24, 2.45) is 11.8 Å². The molecule has 2 bridgehead atoms. The van der Waals surface area contributed by atoms with E-state index in [2.05, 4.69) is 10.2 Å². The van der Waals surface area contributed by atoms with Crippen LogP contribution >= 0.6 is 0 Å². The summed E-state index contributed by atoms with van der Waals surface area (Å²) in [6.45, 7) is 1.57. The number of rotatable bonds is 4. The van der Waals surface area contributed by atoms with Crippen molar-refractivity contribution in [3.63, 3.8) is 0 Å². The van der Waals surface area contributed by atoms with Crippen LogP contribution in [0.4, 0.5) is 11.4 Å². The molecule has 0 spiro atoms. The van der Waals surface area contributed by atoms with Crippen molar-refractivity contribution < 1.29 is 19.6 Å². The van der Waals surface area contributed by atoms with Gasteiger partial charge in [-0.05, 0) is 48.6 Å². The molecule has 3 aromatic rings. The van der Waals surface area contributed by atoms with Crippen molar-refractivity contribution >= 4 is 17.3 Å². The minimum atomic E-state index is -0.979. The topological polar surface area (TPSA) is 115 Å². The SMILES string of the molecule is O=C(NCc1ccco1)C1Cc2cc([NH+]([O-])O)ccc2N2CC3CC(Cn4c3cccc4=O)C12. The van der Waals surface area contributed by atoms with Crippen LogP contribution in [0.25, 0.3) is 0 Å². The number of carbonyl (C=O) groups excluding carboxylic acids is 1. The molecule has 1 saturated heterocycles. The summed E-state index contributed by atoms with van der Waals surface area (Å²) in [6.07, 6.45) is 2.96. The van der Waals surface area contributed by atoms with Crippen LogP contribution in [0, 0.1) is 17.0 Å². The molecule has 34 heavy (non-hydrogen) atoms. The summed E-state index contributed by atoms with van der Waals surface area (Å²) in [5.74, 6) is 0.552. The highest BCUT2D eigenvalue weighted by Gasteiger charge is 2.49. The molecule has 3 aliphatic heterocycles. The first-order valence-electron chi connectivity index (χ1n) is 11.6. The van der Waals surface area contributed by atoms with Gasteiger partial charge in [0, 0.05) is 54.6 Å². The number of carbonyl (C=O) groups is 1. The summed E-state index contributed by atoms with van der Waals surface area (Å²) in [4.78, 5) is 28.4. The monoisotopic (exact) mass is 462 g/mol. The van der Waals surface area contributed by atoms with Crippen molar-refractivity contribution in [3.05, 3.63) is 87.4 Å². The maximum Gasteiger partial charge on any atom is 0.250 e. The number of nitrogens with one attached hydrogen (secondary N) is 2. The van der Waals surface area contributed by atoms with Crippen LogP contribution in [-0.2, 0) is 24.3 Å². The Balaban J connectivity index is 1.39. The van der Waals surface area contributed by atoms with E-state index < -0.39 is 5.23 Å². The van der Waals surface area contributed by atoms with Crippen LogP contribution in [-0.4, -0.2) is 28.3 Å². The second kappa shape index (κ2) is 8.12. The first-order chi connectivity index (χ1) is 16.5. The maximum atomic E-state index is 13.5. The third-order valence-corrected chi connectivity index (χ3v) is 7.61. The molecule has 5 heterocycles. The lowest BCUT2D eigenvalue weighted by atomic mass is 9.70. The van der Waals surface area contributed by atoms with Gasteiger partial charge in [-0.15, -0.1) is 0 Å². The first-order valence-corrected chi connectivity index (χ1v) is 11.6. The Labute approximate surface area is 195 Å². The molecule has 9 nitrogen and oxygen atoms in total. The number of pyridine rings is 1. The molecule has 0 aliphatic carbocycles. The average molecular weight is 463 g/mol. The highest BCUT2D eigenvalue weighted by atomic mass is 16.8. The largest absolute Gasteiger partial charge is 0.595 e. The van der Waals surface area contributed by atoms with Gasteiger partial charge in [0.2, 0.25) is 5.91 Å². The minimum Gasteiger partial charge on any atom is -0.595 e. The smallest absolute Gasteiger partial charge is 0.250 e. The molecule has 2 aromatic heterocycles. The molecule has 0 radical (unpaired) electrons. The molecular weight excluding hydrogens is 436 g/mol. The quantitative estimate of drug-likeness (QED) is 0.504. The number of benzene rings is 1. The number of furan rings is 1. The molecule has 5 atom stereocenters. The highest BCUT2D eigenvalue weighted by molar-refractivity contribution is 5.82. The first kappa shape index (κ1) is 21.2. The summed E-state index contributed by atoms with van der Waals surface area (Å²) in [6, 6.07) is 14.2. The molecule has 6 rings (SSSR count). The Bertz CT molecular complexity index is 1280. The van der Waals surface area contributed by atoms with E-state index in [4.69, 9.17) is 4.42 Å². The fraction of sp³-hybridized carbons (Fsp3) is 0.360. The number of aromatic nitrogens is 1. The second-order valence-electron chi connectivity index (χ2n) is 9.49. The zero-order valence-corrected chi connectivity index (χ0v) is 18.5. The average Bonchev–Trinajstić information content (AvgIpc) is 3.36. The molecule has 1 fully saturated rings. The fourth-order valence-electron chi connectivity index (χ4n) is 6.20. The van der Waals surface area contributed by atoms with Crippen LogP contribution in [0.1, 0.15) is 29.4 Å². The summed E-state index contributed by atoms with van der Waals surface area (Å²) < 4.78 is 7.24. The molecule has 3 N–H and O–H groups in total. The van der Waals surface area contributed by atoms with Gasteiger partial charge in [0.05, 0.1) is 18.7 Å². The number of piperidine rings is 1. The summed E-state index contributed by atoms with van der Waals surface area (Å²) in [5, 5.41) is 23.2. The van der Waals surface area contributed by atoms with Gasteiger partial charge in [0.1, 0.15) is 5.76 Å². The lowest BCUT2D eigenvalue weighted by Gasteiger charge is -2.54. The fourth-order valence-corrected chi connectivity index (χ4v) is 6.20. The van der Waals surface area contributed by atoms with E-state index >= 15 is 0 Å². The zero-order valence-electron chi connectivity index (χ0n) is 18.5. The van der Waals surface area contributed by atoms with Crippen molar-refractivity contribution in [2.75, 3.05) is 11.4 Å². The van der Waals surface area contributed by atoms with E-state index in [-0.39, 0.29) is 40.9 Å². The van der Waals surface area contributed by atoms with Crippen molar-refractivity contribution in [3.8, 4) is 0 Å². The molecule has 5 unspecified atom stereocenters. The molecule has 0 saturated carbocycles.